The maximum Gasteiger partial charge on any atom is 0.225 e. The minimum atomic E-state index is 0.0481. The van der Waals surface area contributed by atoms with Crippen LogP contribution in [0.15, 0.2) is 0 Å². The van der Waals surface area contributed by atoms with E-state index in [0.29, 0.717) is 32.1 Å². The molecule has 1 saturated heterocycles. The Labute approximate surface area is 138 Å². The molecular formula is C17H29N3O3. The predicted molar refractivity (Wildman–Crippen MR) is 87.5 cm³/mol. The molecule has 0 aromatic carbocycles. The van der Waals surface area contributed by atoms with Crippen LogP contribution in [0.25, 0.3) is 0 Å². The summed E-state index contributed by atoms with van der Waals surface area (Å²) in [6, 6.07) is 0. The Morgan fingerprint density at radius 2 is 1.61 bits per heavy atom. The molecule has 2 rings (SSSR count). The number of nitrogens with zero attached hydrogens (tertiary/aromatic N) is 2. The van der Waals surface area contributed by atoms with E-state index in [4.69, 9.17) is 0 Å². The van der Waals surface area contributed by atoms with Gasteiger partial charge in [0.15, 0.2) is 0 Å². The maximum absolute atomic E-state index is 12.6. The zero-order valence-electron chi connectivity index (χ0n) is 14.3. The lowest BCUT2D eigenvalue weighted by Gasteiger charge is -2.36. The molecule has 1 heterocycles. The van der Waals surface area contributed by atoms with E-state index in [9.17, 15) is 14.4 Å². The van der Waals surface area contributed by atoms with Crippen LogP contribution in [0.1, 0.15) is 39.5 Å². The highest BCUT2D eigenvalue weighted by molar-refractivity contribution is 5.81. The number of piperazine rings is 1. The summed E-state index contributed by atoms with van der Waals surface area (Å²) in [6.07, 6.45) is 4.05. The molecule has 6 heteroatoms. The highest BCUT2D eigenvalue weighted by atomic mass is 16.2. The molecular weight excluding hydrogens is 294 g/mol. The molecule has 6 nitrogen and oxygen atoms in total. The smallest absolute Gasteiger partial charge is 0.225 e. The standard InChI is InChI=1S/C17H29N3O3/c1-13(2)11-18-16(22)14-3-5-15(6-4-14)17(23)20-9-7-19(12-21)8-10-20/h12-15H,3-11H2,1-2H3,(H,18,22). The Balaban J connectivity index is 1.74. The van der Waals surface area contributed by atoms with Crippen LogP contribution in [0.5, 0.6) is 0 Å². The van der Waals surface area contributed by atoms with E-state index in [1.807, 2.05) is 4.90 Å². The van der Waals surface area contributed by atoms with Crippen molar-refractivity contribution >= 4 is 18.2 Å². The summed E-state index contributed by atoms with van der Waals surface area (Å²) >= 11 is 0. The normalized spacial score (nSPS) is 25.3. The molecule has 23 heavy (non-hydrogen) atoms. The fraction of sp³-hybridized carbons (Fsp3) is 0.824. The van der Waals surface area contributed by atoms with Gasteiger partial charge in [-0.25, -0.2) is 0 Å². The lowest BCUT2D eigenvalue weighted by molar-refractivity contribution is -0.141. The van der Waals surface area contributed by atoms with Crippen LogP contribution < -0.4 is 5.32 Å². The first-order valence-electron chi connectivity index (χ1n) is 8.77. The molecule has 0 bridgehead atoms. The Hall–Kier alpha value is -1.59. The van der Waals surface area contributed by atoms with E-state index in [2.05, 4.69) is 19.2 Å². The molecule has 0 aromatic heterocycles. The van der Waals surface area contributed by atoms with Crippen molar-refractivity contribution in [3.8, 4) is 0 Å². The van der Waals surface area contributed by atoms with Gasteiger partial charge >= 0.3 is 0 Å². The second-order valence-corrected chi connectivity index (χ2v) is 7.15. The first-order chi connectivity index (χ1) is 11.0. The molecule has 0 atom stereocenters. The monoisotopic (exact) mass is 323 g/mol. The molecule has 2 aliphatic rings. The van der Waals surface area contributed by atoms with Crippen molar-refractivity contribution < 1.29 is 14.4 Å². The van der Waals surface area contributed by atoms with Crippen molar-refractivity contribution in [2.75, 3.05) is 32.7 Å². The average Bonchev–Trinajstić information content (AvgIpc) is 2.59. The van der Waals surface area contributed by atoms with Crippen LogP contribution in [0.2, 0.25) is 0 Å². The first-order valence-corrected chi connectivity index (χ1v) is 8.77. The van der Waals surface area contributed by atoms with Gasteiger partial charge in [-0.05, 0) is 31.6 Å². The summed E-state index contributed by atoms with van der Waals surface area (Å²) in [4.78, 5) is 39.0. The van der Waals surface area contributed by atoms with Crippen molar-refractivity contribution in [3.05, 3.63) is 0 Å². The summed E-state index contributed by atoms with van der Waals surface area (Å²) < 4.78 is 0. The topological polar surface area (TPSA) is 69.7 Å². The van der Waals surface area contributed by atoms with Gasteiger partial charge < -0.3 is 15.1 Å². The fourth-order valence-corrected chi connectivity index (χ4v) is 3.36. The van der Waals surface area contributed by atoms with Gasteiger partial charge in [0.1, 0.15) is 0 Å². The van der Waals surface area contributed by atoms with Crippen LogP contribution >= 0.6 is 0 Å². The van der Waals surface area contributed by atoms with E-state index in [0.717, 1.165) is 38.6 Å². The van der Waals surface area contributed by atoms with Gasteiger partial charge in [0.2, 0.25) is 18.2 Å². The molecule has 0 spiro atoms. The van der Waals surface area contributed by atoms with Crippen LogP contribution in [0.3, 0.4) is 0 Å². The quantitative estimate of drug-likeness (QED) is 0.763. The van der Waals surface area contributed by atoms with Gasteiger partial charge in [0, 0.05) is 44.6 Å². The second-order valence-electron chi connectivity index (χ2n) is 7.15. The highest BCUT2D eigenvalue weighted by Crippen LogP contribution is 2.30. The summed E-state index contributed by atoms with van der Waals surface area (Å²) in [5.41, 5.74) is 0. The molecule has 130 valence electrons. The minimum absolute atomic E-state index is 0.0481. The molecule has 1 saturated carbocycles. The maximum atomic E-state index is 12.6. The van der Waals surface area contributed by atoms with Crippen molar-refractivity contribution in [3.63, 3.8) is 0 Å². The first kappa shape index (κ1) is 17.8. The summed E-state index contributed by atoms with van der Waals surface area (Å²) in [7, 11) is 0. The fourth-order valence-electron chi connectivity index (χ4n) is 3.36. The van der Waals surface area contributed by atoms with Crippen LogP contribution in [0.4, 0.5) is 0 Å². The molecule has 0 radical (unpaired) electrons. The molecule has 1 N–H and O–H groups in total. The number of amides is 3. The Bertz CT molecular complexity index is 423. The molecule has 3 amide bonds. The number of hydrogen-bond acceptors (Lipinski definition) is 3. The number of carbonyl (C=O) groups excluding carboxylic acids is 3. The van der Waals surface area contributed by atoms with Gasteiger partial charge in [-0.3, -0.25) is 14.4 Å². The van der Waals surface area contributed by atoms with E-state index in [1.165, 1.54) is 0 Å². The Kier molecular flexibility index (Phi) is 6.42. The van der Waals surface area contributed by atoms with E-state index >= 15 is 0 Å². The third kappa shape index (κ3) is 4.94. The predicted octanol–water partition coefficient (Wildman–Crippen LogP) is 0.866. The van der Waals surface area contributed by atoms with Crippen molar-refractivity contribution in [1.82, 2.24) is 15.1 Å². The number of rotatable bonds is 5. The average molecular weight is 323 g/mol. The van der Waals surface area contributed by atoms with Crippen molar-refractivity contribution in [1.29, 1.82) is 0 Å². The molecule has 0 aromatic rings. The molecule has 1 aliphatic carbocycles. The van der Waals surface area contributed by atoms with Crippen LogP contribution in [-0.2, 0) is 14.4 Å². The van der Waals surface area contributed by atoms with Crippen LogP contribution in [-0.4, -0.2) is 60.7 Å². The Morgan fingerprint density at radius 1 is 1.04 bits per heavy atom. The van der Waals surface area contributed by atoms with E-state index in [-0.39, 0.29) is 23.7 Å². The third-order valence-corrected chi connectivity index (χ3v) is 4.91. The largest absolute Gasteiger partial charge is 0.356 e. The highest BCUT2D eigenvalue weighted by Gasteiger charge is 2.33. The van der Waals surface area contributed by atoms with E-state index < -0.39 is 0 Å². The van der Waals surface area contributed by atoms with E-state index in [1.54, 1.807) is 4.90 Å². The van der Waals surface area contributed by atoms with Gasteiger partial charge in [0.05, 0.1) is 0 Å². The van der Waals surface area contributed by atoms with Gasteiger partial charge in [-0.2, -0.15) is 0 Å². The van der Waals surface area contributed by atoms with Crippen LogP contribution in [0, 0.1) is 17.8 Å². The lowest BCUT2D eigenvalue weighted by Crippen LogP contribution is -2.50. The molecule has 2 fully saturated rings. The number of nitrogens with one attached hydrogen (secondary N) is 1. The van der Waals surface area contributed by atoms with Gasteiger partial charge in [0.25, 0.3) is 0 Å². The van der Waals surface area contributed by atoms with Gasteiger partial charge in [-0.1, -0.05) is 13.8 Å². The number of carbonyl (C=O) groups is 3. The molecule has 1 aliphatic heterocycles. The third-order valence-electron chi connectivity index (χ3n) is 4.91. The SMILES string of the molecule is CC(C)CNC(=O)C1CCC(C(=O)N2CCN(C=O)CC2)CC1. The summed E-state index contributed by atoms with van der Waals surface area (Å²) in [6.45, 7) is 7.41. The summed E-state index contributed by atoms with van der Waals surface area (Å²) in [5.74, 6) is 0.916. The van der Waals surface area contributed by atoms with Crippen molar-refractivity contribution in [2.24, 2.45) is 17.8 Å². The number of hydrogen-bond donors (Lipinski definition) is 1. The Morgan fingerprint density at radius 3 is 2.13 bits per heavy atom. The zero-order valence-corrected chi connectivity index (χ0v) is 14.3. The molecule has 0 unspecified atom stereocenters. The van der Waals surface area contributed by atoms with Gasteiger partial charge in [-0.15, -0.1) is 0 Å². The van der Waals surface area contributed by atoms with Crippen molar-refractivity contribution in [2.45, 2.75) is 39.5 Å². The second kappa shape index (κ2) is 8.31. The minimum Gasteiger partial charge on any atom is -0.356 e. The lowest BCUT2D eigenvalue weighted by atomic mass is 9.80. The zero-order chi connectivity index (χ0) is 16.8. The summed E-state index contributed by atoms with van der Waals surface area (Å²) in [5, 5.41) is 3.00.